The summed E-state index contributed by atoms with van der Waals surface area (Å²) in [7, 11) is 1.96. The Labute approximate surface area is 218 Å². The quantitative estimate of drug-likeness (QED) is 0.471. The Morgan fingerprint density at radius 3 is 2.11 bits per heavy atom. The van der Waals surface area contributed by atoms with Crippen LogP contribution in [0.3, 0.4) is 0 Å². The standard InChI is InChI=1S/C30H47N3O3/c1-20(2)32(9)25-26(34)33(30(31-25)18-14-23(15-19-30)29(6,7)8)24(16-17-28(3,4)5)21-10-12-22(13-11-21)27(35)36/h10-13,20,23-24H,14-19H2,1-9H3,(H,35,36)/t23?,24-,30?/m1/s1. The van der Waals surface area contributed by atoms with Gasteiger partial charge < -0.3 is 14.9 Å². The summed E-state index contributed by atoms with van der Waals surface area (Å²) in [5.41, 5.74) is 1.04. The van der Waals surface area contributed by atoms with Gasteiger partial charge in [-0.05, 0) is 86.8 Å². The maximum absolute atomic E-state index is 14.2. The number of hydrogen-bond acceptors (Lipinski definition) is 4. The van der Waals surface area contributed by atoms with Crippen molar-refractivity contribution in [1.29, 1.82) is 0 Å². The maximum atomic E-state index is 14.2. The SMILES string of the molecule is CC(C)N(C)C1=NC2(CCC(C(C)(C)C)CC2)N([C@H](CCC(C)(C)C)c2ccc(C(=O)O)cc2)C1=O. The fourth-order valence-electron chi connectivity index (χ4n) is 5.66. The molecule has 200 valence electrons. The van der Waals surface area contributed by atoms with Crippen LogP contribution in [0.1, 0.15) is 116 Å². The minimum Gasteiger partial charge on any atom is -0.478 e. The Hall–Kier alpha value is -2.37. The van der Waals surface area contributed by atoms with Crippen LogP contribution in [0.4, 0.5) is 0 Å². The average Bonchev–Trinajstić information content (AvgIpc) is 3.04. The Bertz CT molecular complexity index is 974. The van der Waals surface area contributed by atoms with Crippen molar-refractivity contribution >= 4 is 17.7 Å². The first-order chi connectivity index (χ1) is 16.6. The highest BCUT2D eigenvalue weighted by Gasteiger charge is 2.53. The monoisotopic (exact) mass is 497 g/mol. The molecule has 0 bridgehead atoms. The number of aliphatic imine (C=N–C) groups is 1. The molecule has 36 heavy (non-hydrogen) atoms. The van der Waals surface area contributed by atoms with E-state index in [4.69, 9.17) is 4.99 Å². The fraction of sp³-hybridized carbons (Fsp3) is 0.700. The molecule has 0 radical (unpaired) electrons. The van der Waals surface area contributed by atoms with Crippen LogP contribution < -0.4 is 0 Å². The van der Waals surface area contributed by atoms with Gasteiger partial charge in [-0.3, -0.25) is 4.79 Å². The summed E-state index contributed by atoms with van der Waals surface area (Å²) in [6, 6.07) is 7.11. The Morgan fingerprint density at radius 1 is 1.11 bits per heavy atom. The summed E-state index contributed by atoms with van der Waals surface area (Å²) in [6.07, 6.45) is 5.54. The number of carbonyl (C=O) groups is 2. The fourth-order valence-corrected chi connectivity index (χ4v) is 5.66. The van der Waals surface area contributed by atoms with Crippen LogP contribution in [0.5, 0.6) is 0 Å². The Balaban J connectivity index is 2.07. The highest BCUT2D eigenvalue weighted by Crippen LogP contribution is 2.50. The van der Waals surface area contributed by atoms with Gasteiger partial charge in [0, 0.05) is 13.1 Å². The van der Waals surface area contributed by atoms with E-state index in [1.54, 1.807) is 12.1 Å². The van der Waals surface area contributed by atoms with E-state index >= 15 is 0 Å². The predicted octanol–water partition coefficient (Wildman–Crippen LogP) is 6.77. The number of nitrogens with zero attached hydrogens (tertiary/aromatic N) is 3. The lowest BCUT2D eigenvalue weighted by Gasteiger charge is -2.47. The molecule has 0 aromatic heterocycles. The molecular weight excluding hydrogens is 450 g/mol. The molecule has 0 unspecified atom stereocenters. The summed E-state index contributed by atoms with van der Waals surface area (Å²) < 4.78 is 0. The minimum absolute atomic E-state index is 0.00151. The summed E-state index contributed by atoms with van der Waals surface area (Å²) in [6.45, 7) is 17.8. The van der Waals surface area contributed by atoms with Crippen LogP contribution in [0.15, 0.2) is 29.3 Å². The lowest BCUT2D eigenvalue weighted by atomic mass is 9.69. The van der Waals surface area contributed by atoms with Crippen LogP contribution in [-0.4, -0.2) is 51.4 Å². The minimum atomic E-state index is -0.939. The number of carbonyl (C=O) groups excluding carboxylic acids is 1. The summed E-state index contributed by atoms with van der Waals surface area (Å²) in [4.78, 5) is 35.0. The zero-order chi connectivity index (χ0) is 27.1. The Morgan fingerprint density at radius 2 is 1.67 bits per heavy atom. The number of amidine groups is 1. The number of carboxylic acids is 1. The second kappa shape index (κ2) is 10.2. The molecule has 0 saturated heterocycles. The van der Waals surface area contributed by atoms with E-state index in [0.717, 1.165) is 44.1 Å². The van der Waals surface area contributed by atoms with Crippen LogP contribution in [0.2, 0.25) is 0 Å². The first-order valence-corrected chi connectivity index (χ1v) is 13.6. The highest BCUT2D eigenvalue weighted by atomic mass is 16.4. The molecule has 1 aliphatic heterocycles. The van der Waals surface area contributed by atoms with Gasteiger partial charge >= 0.3 is 5.97 Å². The molecule has 1 spiro atoms. The molecule has 1 aromatic rings. The van der Waals surface area contributed by atoms with E-state index in [9.17, 15) is 14.7 Å². The number of benzene rings is 1. The molecule has 1 N–H and O–H groups in total. The van der Waals surface area contributed by atoms with Crippen molar-refractivity contribution in [3.63, 3.8) is 0 Å². The first kappa shape index (κ1) is 28.2. The maximum Gasteiger partial charge on any atom is 0.335 e. The van der Waals surface area contributed by atoms with Crippen molar-refractivity contribution in [2.24, 2.45) is 21.7 Å². The second-order valence-electron chi connectivity index (χ2n) is 13.5. The lowest BCUT2D eigenvalue weighted by Crippen LogP contribution is -2.52. The van der Waals surface area contributed by atoms with Crippen LogP contribution >= 0.6 is 0 Å². The van der Waals surface area contributed by atoms with Crippen molar-refractivity contribution in [1.82, 2.24) is 9.80 Å². The second-order valence-corrected chi connectivity index (χ2v) is 13.5. The predicted molar refractivity (Wildman–Crippen MR) is 146 cm³/mol. The van der Waals surface area contributed by atoms with Crippen LogP contribution in [-0.2, 0) is 4.79 Å². The molecule has 1 heterocycles. The number of aromatic carboxylic acids is 1. The van der Waals surface area contributed by atoms with Crippen molar-refractivity contribution in [2.45, 2.75) is 112 Å². The normalized spacial score (nSPS) is 23.8. The molecular formula is C30H47N3O3. The number of hydrogen-bond donors (Lipinski definition) is 1. The number of amides is 1. The molecule has 3 rings (SSSR count). The van der Waals surface area contributed by atoms with Crippen LogP contribution in [0, 0.1) is 16.7 Å². The first-order valence-electron chi connectivity index (χ1n) is 13.6. The van der Waals surface area contributed by atoms with E-state index < -0.39 is 11.6 Å². The summed E-state index contributed by atoms with van der Waals surface area (Å²) >= 11 is 0. The van der Waals surface area contributed by atoms with E-state index in [0.29, 0.717) is 11.8 Å². The van der Waals surface area contributed by atoms with E-state index in [1.165, 1.54) is 0 Å². The van der Waals surface area contributed by atoms with Gasteiger partial charge in [0.2, 0.25) is 0 Å². The van der Waals surface area contributed by atoms with E-state index in [-0.39, 0.29) is 34.4 Å². The molecule has 1 aromatic carbocycles. The van der Waals surface area contributed by atoms with Gasteiger partial charge in [0.15, 0.2) is 5.84 Å². The lowest BCUT2D eigenvalue weighted by molar-refractivity contribution is -0.134. The van der Waals surface area contributed by atoms with Crippen molar-refractivity contribution in [3.05, 3.63) is 35.4 Å². The number of carboxylic acid groups (broad SMARTS) is 1. The van der Waals surface area contributed by atoms with Crippen molar-refractivity contribution < 1.29 is 14.7 Å². The molecule has 1 aliphatic carbocycles. The zero-order valence-corrected chi connectivity index (χ0v) is 23.9. The summed E-state index contributed by atoms with van der Waals surface area (Å²) in [5.74, 6) is 0.222. The van der Waals surface area contributed by atoms with Gasteiger partial charge in [-0.25, -0.2) is 9.79 Å². The third-order valence-electron chi connectivity index (χ3n) is 8.31. The molecule has 6 nitrogen and oxygen atoms in total. The largest absolute Gasteiger partial charge is 0.478 e. The average molecular weight is 498 g/mol. The van der Waals surface area contributed by atoms with E-state index in [1.807, 2.05) is 24.1 Å². The smallest absolute Gasteiger partial charge is 0.335 e. The van der Waals surface area contributed by atoms with Gasteiger partial charge in [-0.1, -0.05) is 53.7 Å². The third-order valence-corrected chi connectivity index (χ3v) is 8.31. The third kappa shape index (κ3) is 5.95. The molecule has 1 atom stereocenters. The molecule has 6 heteroatoms. The van der Waals surface area contributed by atoms with Gasteiger partial charge in [0.25, 0.3) is 5.91 Å². The molecule has 1 amide bonds. The Kier molecular flexibility index (Phi) is 7.98. The van der Waals surface area contributed by atoms with Gasteiger partial charge in [0.1, 0.15) is 5.66 Å². The summed E-state index contributed by atoms with van der Waals surface area (Å²) in [5, 5.41) is 9.43. The molecule has 1 saturated carbocycles. The van der Waals surface area contributed by atoms with Gasteiger partial charge in [-0.2, -0.15) is 0 Å². The highest BCUT2D eigenvalue weighted by molar-refractivity contribution is 6.39. The van der Waals surface area contributed by atoms with Crippen molar-refractivity contribution in [3.8, 4) is 0 Å². The number of rotatable bonds is 6. The molecule has 2 aliphatic rings. The van der Waals surface area contributed by atoms with E-state index in [2.05, 4.69) is 60.3 Å². The van der Waals surface area contributed by atoms with Crippen LogP contribution in [0.25, 0.3) is 0 Å². The van der Waals surface area contributed by atoms with Gasteiger partial charge in [0.05, 0.1) is 11.6 Å². The number of likely N-dealkylation sites (N-methyl/N-ethyl adjacent to an activating group) is 1. The van der Waals surface area contributed by atoms with Gasteiger partial charge in [-0.15, -0.1) is 0 Å². The van der Waals surface area contributed by atoms with Crippen molar-refractivity contribution in [2.75, 3.05) is 7.05 Å². The zero-order valence-electron chi connectivity index (χ0n) is 23.9. The molecule has 1 fully saturated rings. The topological polar surface area (TPSA) is 73.2 Å².